The van der Waals surface area contributed by atoms with Crippen LogP contribution >= 0.6 is 0 Å². The van der Waals surface area contributed by atoms with Crippen LogP contribution in [0.4, 0.5) is 4.39 Å². The third-order valence-corrected chi connectivity index (χ3v) is 5.19. The standard InChI is InChI=1S/C19H22FNO6S/c1-14(22)21(10-11-25-2)13-15-6-4-5-7-18(15)27-28(23,24)16-8-9-19(26-3)17(20)12-16/h4-9,12H,10-11,13H2,1-3H3. The van der Waals surface area contributed by atoms with Crippen molar-refractivity contribution >= 4 is 16.0 Å². The third-order valence-electron chi connectivity index (χ3n) is 3.96. The summed E-state index contributed by atoms with van der Waals surface area (Å²) in [6.07, 6.45) is 0. The highest BCUT2D eigenvalue weighted by Crippen LogP contribution is 2.26. The van der Waals surface area contributed by atoms with Crippen LogP contribution in [0.1, 0.15) is 12.5 Å². The van der Waals surface area contributed by atoms with E-state index in [0.29, 0.717) is 18.7 Å². The SMILES string of the molecule is COCCN(Cc1ccccc1OS(=O)(=O)c1ccc(OC)c(F)c1)C(C)=O. The molecule has 0 atom stereocenters. The van der Waals surface area contributed by atoms with Gasteiger partial charge in [0.15, 0.2) is 11.6 Å². The van der Waals surface area contributed by atoms with Crippen LogP contribution in [-0.2, 0) is 26.2 Å². The van der Waals surface area contributed by atoms with Crippen molar-refractivity contribution in [3.05, 3.63) is 53.8 Å². The highest BCUT2D eigenvalue weighted by atomic mass is 32.2. The Morgan fingerprint density at radius 2 is 1.82 bits per heavy atom. The van der Waals surface area contributed by atoms with Gasteiger partial charge >= 0.3 is 10.1 Å². The largest absolute Gasteiger partial charge is 0.494 e. The molecule has 9 heteroatoms. The molecule has 0 bridgehead atoms. The summed E-state index contributed by atoms with van der Waals surface area (Å²) in [7, 11) is -1.47. The number of amides is 1. The molecule has 1 amide bonds. The number of hydrogen-bond acceptors (Lipinski definition) is 6. The molecule has 0 radical (unpaired) electrons. The topological polar surface area (TPSA) is 82.1 Å². The molecule has 0 aliphatic rings. The minimum Gasteiger partial charge on any atom is -0.494 e. The summed E-state index contributed by atoms with van der Waals surface area (Å²) in [5.41, 5.74) is 0.492. The first kappa shape index (κ1) is 21.6. The van der Waals surface area contributed by atoms with Crippen molar-refractivity contribution in [3.8, 4) is 11.5 Å². The Balaban J connectivity index is 2.28. The molecule has 0 N–H and O–H groups in total. The van der Waals surface area contributed by atoms with Gasteiger partial charge in [0.1, 0.15) is 10.6 Å². The van der Waals surface area contributed by atoms with E-state index in [0.717, 1.165) is 6.07 Å². The van der Waals surface area contributed by atoms with Gasteiger partial charge in [-0.3, -0.25) is 4.79 Å². The lowest BCUT2D eigenvalue weighted by molar-refractivity contribution is -0.130. The van der Waals surface area contributed by atoms with Gasteiger partial charge < -0.3 is 18.6 Å². The van der Waals surface area contributed by atoms with Crippen LogP contribution in [-0.4, -0.2) is 46.6 Å². The zero-order chi connectivity index (χ0) is 20.7. The molecular weight excluding hydrogens is 389 g/mol. The third kappa shape index (κ3) is 5.43. The van der Waals surface area contributed by atoms with Gasteiger partial charge in [-0.2, -0.15) is 8.42 Å². The van der Waals surface area contributed by atoms with E-state index >= 15 is 0 Å². The summed E-state index contributed by atoms with van der Waals surface area (Å²) < 4.78 is 54.0. The Labute approximate surface area is 163 Å². The van der Waals surface area contributed by atoms with Crippen molar-refractivity contribution in [2.75, 3.05) is 27.4 Å². The van der Waals surface area contributed by atoms with Crippen molar-refractivity contribution in [3.63, 3.8) is 0 Å². The predicted molar refractivity (Wildman–Crippen MR) is 100 cm³/mol. The Bertz CT molecular complexity index is 932. The molecule has 0 heterocycles. The smallest absolute Gasteiger partial charge is 0.339 e. The monoisotopic (exact) mass is 411 g/mol. The minimum absolute atomic E-state index is 0.0578. The van der Waals surface area contributed by atoms with Crippen LogP contribution in [0.15, 0.2) is 47.4 Å². The number of methoxy groups -OCH3 is 2. The highest BCUT2D eigenvalue weighted by Gasteiger charge is 2.21. The molecule has 0 saturated carbocycles. The molecule has 0 unspecified atom stereocenters. The number of carbonyl (C=O) groups is 1. The fraction of sp³-hybridized carbons (Fsp3) is 0.316. The molecule has 7 nitrogen and oxygen atoms in total. The predicted octanol–water partition coefficient (Wildman–Crippen LogP) is 2.60. The van der Waals surface area contributed by atoms with Gasteiger partial charge in [-0.25, -0.2) is 4.39 Å². The maximum atomic E-state index is 13.9. The van der Waals surface area contributed by atoms with E-state index in [1.807, 2.05) is 0 Å². The molecule has 2 aromatic rings. The fourth-order valence-electron chi connectivity index (χ4n) is 2.44. The molecule has 0 spiro atoms. The molecule has 0 fully saturated rings. The number of carbonyl (C=O) groups excluding carboxylic acids is 1. The van der Waals surface area contributed by atoms with Gasteiger partial charge in [0, 0.05) is 32.7 Å². The number of halogens is 1. The second-order valence-electron chi connectivity index (χ2n) is 5.87. The summed E-state index contributed by atoms with van der Waals surface area (Å²) in [5, 5.41) is 0. The molecule has 28 heavy (non-hydrogen) atoms. The normalized spacial score (nSPS) is 11.1. The zero-order valence-corrected chi connectivity index (χ0v) is 16.7. The Morgan fingerprint density at radius 1 is 1.11 bits per heavy atom. The average molecular weight is 411 g/mol. The van der Waals surface area contributed by atoms with Gasteiger partial charge in [-0.05, 0) is 24.3 Å². The Morgan fingerprint density at radius 3 is 2.43 bits per heavy atom. The van der Waals surface area contributed by atoms with Crippen molar-refractivity contribution in [1.82, 2.24) is 4.90 Å². The maximum Gasteiger partial charge on any atom is 0.339 e. The summed E-state index contributed by atoms with van der Waals surface area (Å²) in [6.45, 7) is 2.24. The molecule has 2 aromatic carbocycles. The van der Waals surface area contributed by atoms with E-state index in [-0.39, 0.29) is 28.8 Å². The minimum atomic E-state index is -4.28. The van der Waals surface area contributed by atoms with Gasteiger partial charge in [0.05, 0.1) is 13.7 Å². The van der Waals surface area contributed by atoms with E-state index < -0.39 is 15.9 Å². The van der Waals surface area contributed by atoms with E-state index in [1.165, 1.54) is 44.2 Å². The molecule has 0 aliphatic heterocycles. The summed E-state index contributed by atoms with van der Waals surface area (Å²) >= 11 is 0. The lowest BCUT2D eigenvalue weighted by Gasteiger charge is -2.22. The molecular formula is C19H22FNO6S. The van der Waals surface area contributed by atoms with Crippen LogP contribution in [0.3, 0.4) is 0 Å². The first-order valence-electron chi connectivity index (χ1n) is 8.39. The van der Waals surface area contributed by atoms with E-state index in [1.54, 1.807) is 18.2 Å². The van der Waals surface area contributed by atoms with Crippen LogP contribution in [0.25, 0.3) is 0 Å². The zero-order valence-electron chi connectivity index (χ0n) is 15.8. The van der Waals surface area contributed by atoms with Gasteiger partial charge in [0.25, 0.3) is 0 Å². The van der Waals surface area contributed by atoms with Crippen molar-refractivity contribution in [1.29, 1.82) is 0 Å². The molecule has 152 valence electrons. The molecule has 0 saturated heterocycles. The number of nitrogens with zero attached hydrogens (tertiary/aromatic N) is 1. The Hall–Kier alpha value is -2.65. The van der Waals surface area contributed by atoms with Crippen LogP contribution in [0.5, 0.6) is 11.5 Å². The van der Waals surface area contributed by atoms with E-state index in [4.69, 9.17) is 13.7 Å². The lowest BCUT2D eigenvalue weighted by Crippen LogP contribution is -2.31. The summed E-state index contributed by atoms with van der Waals surface area (Å²) in [5.74, 6) is -1.02. The molecule has 0 aromatic heterocycles. The molecule has 0 aliphatic carbocycles. The number of para-hydroxylation sites is 1. The second-order valence-corrected chi connectivity index (χ2v) is 7.42. The van der Waals surface area contributed by atoms with E-state index in [2.05, 4.69) is 0 Å². The van der Waals surface area contributed by atoms with Crippen LogP contribution in [0, 0.1) is 5.82 Å². The first-order valence-corrected chi connectivity index (χ1v) is 9.79. The van der Waals surface area contributed by atoms with Crippen LogP contribution < -0.4 is 8.92 Å². The number of ether oxygens (including phenoxy) is 2. The fourth-order valence-corrected chi connectivity index (χ4v) is 3.42. The van der Waals surface area contributed by atoms with Gasteiger partial charge in [0.2, 0.25) is 5.91 Å². The lowest BCUT2D eigenvalue weighted by atomic mass is 10.2. The highest BCUT2D eigenvalue weighted by molar-refractivity contribution is 7.87. The molecule has 2 rings (SSSR count). The van der Waals surface area contributed by atoms with E-state index in [9.17, 15) is 17.6 Å². The summed E-state index contributed by atoms with van der Waals surface area (Å²) in [6, 6.07) is 9.67. The summed E-state index contributed by atoms with van der Waals surface area (Å²) in [4.78, 5) is 13.0. The van der Waals surface area contributed by atoms with Gasteiger partial charge in [-0.1, -0.05) is 18.2 Å². The second kappa shape index (κ2) is 9.52. The van der Waals surface area contributed by atoms with Crippen molar-refractivity contribution < 1.29 is 31.3 Å². The van der Waals surface area contributed by atoms with Gasteiger partial charge in [-0.15, -0.1) is 0 Å². The first-order chi connectivity index (χ1) is 13.3. The number of rotatable bonds is 9. The maximum absolute atomic E-state index is 13.9. The van der Waals surface area contributed by atoms with Crippen molar-refractivity contribution in [2.24, 2.45) is 0 Å². The number of hydrogen-bond donors (Lipinski definition) is 0. The van der Waals surface area contributed by atoms with Crippen LogP contribution in [0.2, 0.25) is 0 Å². The number of benzene rings is 2. The van der Waals surface area contributed by atoms with Crippen molar-refractivity contribution in [2.45, 2.75) is 18.4 Å². The quantitative estimate of drug-likeness (QED) is 0.590. The average Bonchev–Trinajstić information content (AvgIpc) is 2.65. The Kier molecular flexibility index (Phi) is 7.36.